The highest BCUT2D eigenvalue weighted by Gasteiger charge is 2.29. The van der Waals surface area contributed by atoms with Gasteiger partial charge < -0.3 is 25.8 Å². The lowest BCUT2D eigenvalue weighted by Crippen LogP contribution is -2.52. The Morgan fingerprint density at radius 2 is 1.31 bits per heavy atom. The molecule has 0 aliphatic rings. The Morgan fingerprint density at radius 1 is 0.923 bits per heavy atom. The van der Waals surface area contributed by atoms with Gasteiger partial charge in [0.2, 0.25) is 5.91 Å². The van der Waals surface area contributed by atoms with Crippen LogP contribution in [0, 0.1) is 0 Å². The molecule has 2 unspecified atom stereocenters. The lowest BCUT2D eigenvalue weighted by Gasteiger charge is -2.33. The molecule has 3 amide bonds. The molecule has 0 rings (SSSR count). The SMILES string of the molecule is CCCCNC(=O)OC(C)N(C(=O)CN)C(C)OC(=O)NCCCC.Cl. The third kappa shape index (κ3) is 11.0. The van der Waals surface area contributed by atoms with Crippen molar-refractivity contribution in [2.45, 2.75) is 65.8 Å². The van der Waals surface area contributed by atoms with Crippen molar-refractivity contribution in [3.63, 3.8) is 0 Å². The highest BCUT2D eigenvalue weighted by molar-refractivity contribution is 5.85. The second-order valence-corrected chi connectivity index (χ2v) is 5.58. The van der Waals surface area contributed by atoms with Crippen molar-refractivity contribution in [2.75, 3.05) is 19.6 Å². The first kappa shape index (κ1) is 26.5. The Bertz CT molecular complexity index is 395. The molecule has 10 heteroatoms. The first-order valence-electron chi connectivity index (χ1n) is 8.77. The maximum atomic E-state index is 12.1. The van der Waals surface area contributed by atoms with Gasteiger partial charge in [-0.15, -0.1) is 12.4 Å². The number of nitrogens with two attached hydrogens (primary N) is 1. The number of nitrogens with one attached hydrogen (secondary N) is 2. The van der Waals surface area contributed by atoms with Gasteiger partial charge in [0.05, 0.1) is 6.54 Å². The van der Waals surface area contributed by atoms with Crippen LogP contribution in [0.4, 0.5) is 9.59 Å². The molecule has 0 saturated carbocycles. The third-order valence-corrected chi connectivity index (χ3v) is 3.40. The molecule has 0 aliphatic heterocycles. The number of halogens is 1. The van der Waals surface area contributed by atoms with E-state index in [2.05, 4.69) is 10.6 Å². The fourth-order valence-corrected chi connectivity index (χ4v) is 2.05. The number of ether oxygens (including phenoxy) is 2. The van der Waals surface area contributed by atoms with Crippen molar-refractivity contribution >= 4 is 30.5 Å². The molecule has 26 heavy (non-hydrogen) atoms. The Morgan fingerprint density at radius 3 is 1.62 bits per heavy atom. The number of hydrogen-bond acceptors (Lipinski definition) is 6. The van der Waals surface area contributed by atoms with Gasteiger partial charge in [-0.05, 0) is 26.7 Å². The molecule has 0 aromatic rings. The molecule has 154 valence electrons. The summed E-state index contributed by atoms with van der Waals surface area (Å²) in [6.45, 7) is 7.71. The van der Waals surface area contributed by atoms with E-state index in [-0.39, 0.29) is 19.0 Å². The molecule has 0 saturated heterocycles. The van der Waals surface area contributed by atoms with E-state index in [0.717, 1.165) is 30.6 Å². The van der Waals surface area contributed by atoms with E-state index in [0.29, 0.717) is 13.1 Å². The van der Waals surface area contributed by atoms with E-state index in [1.807, 2.05) is 13.8 Å². The van der Waals surface area contributed by atoms with Crippen LogP contribution in [0.5, 0.6) is 0 Å². The number of amides is 3. The van der Waals surface area contributed by atoms with Gasteiger partial charge in [0.25, 0.3) is 0 Å². The number of hydrogen-bond donors (Lipinski definition) is 3. The number of nitrogens with zero attached hydrogens (tertiary/aromatic N) is 1. The molecule has 0 radical (unpaired) electrons. The van der Waals surface area contributed by atoms with Crippen molar-refractivity contribution in [3.05, 3.63) is 0 Å². The van der Waals surface area contributed by atoms with Crippen LogP contribution in [0.15, 0.2) is 0 Å². The third-order valence-electron chi connectivity index (χ3n) is 3.40. The summed E-state index contributed by atoms with van der Waals surface area (Å²) in [6, 6.07) is 0. The van der Waals surface area contributed by atoms with E-state index in [9.17, 15) is 14.4 Å². The zero-order valence-corrected chi connectivity index (χ0v) is 16.9. The molecule has 0 aliphatic carbocycles. The molecular formula is C16H33ClN4O5. The lowest BCUT2D eigenvalue weighted by atomic mass is 10.3. The highest BCUT2D eigenvalue weighted by Crippen LogP contribution is 2.10. The summed E-state index contributed by atoms with van der Waals surface area (Å²) in [6.07, 6.45) is 0.369. The number of unbranched alkanes of at least 4 members (excludes halogenated alkanes) is 2. The van der Waals surface area contributed by atoms with Crippen molar-refractivity contribution in [1.29, 1.82) is 0 Å². The van der Waals surface area contributed by atoms with Crippen molar-refractivity contribution in [2.24, 2.45) is 5.73 Å². The average molecular weight is 397 g/mol. The standard InChI is InChI=1S/C16H32N4O5.ClH/c1-5-7-9-18-15(22)24-12(3)20(14(21)11-17)13(4)25-16(23)19-10-8-6-2;/h12-13H,5-11,17H2,1-4H3,(H,18,22)(H,19,23);1H. The number of carbonyl (C=O) groups is 3. The zero-order chi connectivity index (χ0) is 19.2. The molecule has 0 fully saturated rings. The average Bonchev–Trinajstić information content (AvgIpc) is 2.55. The summed E-state index contributed by atoms with van der Waals surface area (Å²) in [7, 11) is 0. The Hall–Kier alpha value is -1.74. The normalized spacial score (nSPS) is 12.2. The van der Waals surface area contributed by atoms with E-state index in [4.69, 9.17) is 15.2 Å². The predicted octanol–water partition coefficient (Wildman–Crippen LogP) is 1.94. The van der Waals surface area contributed by atoms with Crippen LogP contribution >= 0.6 is 12.4 Å². The smallest absolute Gasteiger partial charge is 0.409 e. The topological polar surface area (TPSA) is 123 Å². The van der Waals surface area contributed by atoms with Crippen LogP contribution in [-0.4, -0.2) is 55.1 Å². The van der Waals surface area contributed by atoms with Crippen molar-refractivity contribution in [1.82, 2.24) is 15.5 Å². The predicted molar refractivity (Wildman–Crippen MR) is 101 cm³/mol. The minimum atomic E-state index is -0.934. The minimum absolute atomic E-state index is 0. The fraction of sp³-hybridized carbons (Fsp3) is 0.812. The van der Waals surface area contributed by atoms with Gasteiger partial charge in [-0.2, -0.15) is 0 Å². The maximum Gasteiger partial charge on any atom is 0.409 e. The van der Waals surface area contributed by atoms with E-state index in [1.54, 1.807) is 0 Å². The van der Waals surface area contributed by atoms with Gasteiger partial charge in [0, 0.05) is 13.1 Å². The highest BCUT2D eigenvalue weighted by atomic mass is 35.5. The zero-order valence-electron chi connectivity index (χ0n) is 16.1. The van der Waals surface area contributed by atoms with Gasteiger partial charge >= 0.3 is 12.2 Å². The van der Waals surface area contributed by atoms with Crippen LogP contribution in [0.1, 0.15) is 53.4 Å². The van der Waals surface area contributed by atoms with E-state index < -0.39 is 30.5 Å². The molecule has 0 bridgehead atoms. The number of rotatable bonds is 11. The number of carbonyl (C=O) groups excluding carboxylic acids is 3. The maximum absolute atomic E-state index is 12.1. The first-order valence-corrected chi connectivity index (χ1v) is 8.77. The molecule has 0 aromatic heterocycles. The summed E-state index contributed by atoms with van der Waals surface area (Å²) in [5.74, 6) is -0.497. The van der Waals surface area contributed by atoms with Crippen LogP contribution in [0.25, 0.3) is 0 Å². The molecule has 0 aromatic carbocycles. The molecule has 9 nitrogen and oxygen atoms in total. The van der Waals surface area contributed by atoms with Crippen molar-refractivity contribution in [3.8, 4) is 0 Å². The summed E-state index contributed by atoms with van der Waals surface area (Å²) >= 11 is 0. The van der Waals surface area contributed by atoms with Gasteiger partial charge in [0.1, 0.15) is 0 Å². The molecule has 0 spiro atoms. The molecule has 2 atom stereocenters. The van der Waals surface area contributed by atoms with Gasteiger partial charge in [-0.3, -0.25) is 9.69 Å². The monoisotopic (exact) mass is 396 g/mol. The van der Waals surface area contributed by atoms with Crippen LogP contribution < -0.4 is 16.4 Å². The van der Waals surface area contributed by atoms with Gasteiger partial charge in [0.15, 0.2) is 12.5 Å². The fourth-order valence-electron chi connectivity index (χ4n) is 2.05. The molecule has 4 N–H and O–H groups in total. The second-order valence-electron chi connectivity index (χ2n) is 5.58. The molecule has 0 heterocycles. The largest absolute Gasteiger partial charge is 0.426 e. The van der Waals surface area contributed by atoms with Crippen molar-refractivity contribution < 1.29 is 23.9 Å². The van der Waals surface area contributed by atoms with Gasteiger partial charge in [-0.25, -0.2) is 9.59 Å². The Labute approximate surface area is 161 Å². The van der Waals surface area contributed by atoms with E-state index >= 15 is 0 Å². The quantitative estimate of drug-likeness (QED) is 0.362. The first-order chi connectivity index (χ1) is 11.9. The lowest BCUT2D eigenvalue weighted by molar-refractivity contribution is -0.154. The van der Waals surface area contributed by atoms with Crippen LogP contribution in [-0.2, 0) is 14.3 Å². The minimum Gasteiger partial charge on any atom is -0.426 e. The Kier molecular flexibility index (Phi) is 15.8. The van der Waals surface area contributed by atoms with E-state index in [1.165, 1.54) is 13.8 Å². The summed E-state index contributed by atoms with van der Waals surface area (Å²) in [5.41, 5.74) is 5.40. The summed E-state index contributed by atoms with van der Waals surface area (Å²) in [5, 5.41) is 5.18. The van der Waals surface area contributed by atoms with Gasteiger partial charge in [-0.1, -0.05) is 26.7 Å². The number of alkyl carbamates (subject to hydrolysis) is 2. The summed E-state index contributed by atoms with van der Waals surface area (Å²) in [4.78, 5) is 36.7. The Balaban J connectivity index is 0. The van der Waals surface area contributed by atoms with Crippen LogP contribution in [0.3, 0.4) is 0 Å². The van der Waals surface area contributed by atoms with Crippen LogP contribution in [0.2, 0.25) is 0 Å². The second kappa shape index (κ2) is 15.5. The molecular weight excluding hydrogens is 364 g/mol. The summed E-state index contributed by atoms with van der Waals surface area (Å²) < 4.78 is 10.3.